The van der Waals surface area contributed by atoms with E-state index < -0.39 is 0 Å². The van der Waals surface area contributed by atoms with Gasteiger partial charge in [-0.05, 0) is 5.92 Å². The maximum absolute atomic E-state index is 4.99. The molecule has 4 nitrogen and oxygen atoms in total. The van der Waals surface area contributed by atoms with E-state index in [0.29, 0.717) is 15.6 Å². The van der Waals surface area contributed by atoms with Crippen molar-refractivity contribution in [3.63, 3.8) is 0 Å². The van der Waals surface area contributed by atoms with Crippen LogP contribution in [0.2, 0.25) is 0 Å². The van der Waals surface area contributed by atoms with E-state index in [0.717, 1.165) is 13.0 Å². The van der Waals surface area contributed by atoms with Crippen LogP contribution in [0.1, 0.15) is 12.8 Å². The third-order valence-electron chi connectivity index (χ3n) is 1.42. The van der Waals surface area contributed by atoms with Crippen LogP contribution in [-0.4, -0.2) is 23.9 Å². The second-order valence-corrected chi connectivity index (χ2v) is 3.69. The molecule has 1 aromatic heterocycles. The summed E-state index contributed by atoms with van der Waals surface area (Å²) in [5.41, 5.74) is 0. The Balaban J connectivity index is 2.41. The second kappa shape index (κ2) is 4.76. The summed E-state index contributed by atoms with van der Waals surface area (Å²) < 4.78 is 10.6. The van der Waals surface area contributed by atoms with Gasteiger partial charge < -0.3 is 9.26 Å². The predicted molar refractivity (Wildman–Crippen MR) is 51.8 cm³/mol. The number of methoxy groups -OCH3 is 1. The van der Waals surface area contributed by atoms with Crippen LogP contribution in [0.3, 0.4) is 0 Å². The number of hydrogen-bond donors (Lipinski definition) is 0. The summed E-state index contributed by atoms with van der Waals surface area (Å²) in [4.78, 5) is 4.09. The molecule has 1 aromatic rings. The van der Waals surface area contributed by atoms with Crippen LogP contribution in [0, 0.1) is 9.75 Å². The molecule has 0 radical (unpaired) electrons. The van der Waals surface area contributed by atoms with Gasteiger partial charge in [0.05, 0.1) is 0 Å². The second-order valence-electron chi connectivity index (χ2n) is 2.72. The van der Waals surface area contributed by atoms with Gasteiger partial charge in [-0.2, -0.15) is 4.98 Å². The van der Waals surface area contributed by atoms with Gasteiger partial charge in [0, 0.05) is 42.7 Å². The molecule has 5 heteroatoms. The summed E-state index contributed by atoms with van der Waals surface area (Å²) >= 11 is 2.02. The Kier molecular flexibility index (Phi) is 3.93. The molecule has 0 saturated carbocycles. The molecule has 1 rings (SSSR count). The lowest BCUT2D eigenvalue weighted by Crippen LogP contribution is -2.07. The zero-order valence-electron chi connectivity index (χ0n) is 7.08. The van der Waals surface area contributed by atoms with Gasteiger partial charge in [-0.1, -0.05) is 12.1 Å². The average Bonchev–Trinajstić information content (AvgIpc) is 2.36. The molecule has 0 fully saturated rings. The van der Waals surface area contributed by atoms with Crippen molar-refractivity contribution in [1.82, 2.24) is 10.1 Å². The van der Waals surface area contributed by atoms with Crippen LogP contribution in [0.4, 0.5) is 0 Å². The third kappa shape index (κ3) is 3.06. The molecule has 0 aliphatic rings. The van der Waals surface area contributed by atoms with E-state index in [4.69, 9.17) is 9.26 Å². The molecule has 0 saturated heterocycles. The Hall–Kier alpha value is -0.170. The van der Waals surface area contributed by atoms with Gasteiger partial charge in [-0.25, -0.2) is 0 Å². The van der Waals surface area contributed by atoms with Crippen LogP contribution in [0.15, 0.2) is 4.52 Å². The quantitative estimate of drug-likeness (QED) is 0.785. The minimum absolute atomic E-state index is 0.422. The first-order valence-electron chi connectivity index (χ1n) is 3.69. The van der Waals surface area contributed by atoms with Crippen molar-refractivity contribution in [3.05, 3.63) is 9.72 Å². The average molecular weight is 282 g/mol. The molecule has 0 aliphatic heterocycles. The summed E-state index contributed by atoms with van der Waals surface area (Å²) in [5.74, 6) is 1.11. The maximum atomic E-state index is 4.99. The molecule has 0 aromatic carbocycles. The largest absolute Gasteiger partial charge is 0.384 e. The monoisotopic (exact) mass is 282 g/mol. The molecule has 1 unspecified atom stereocenters. The fourth-order valence-corrected chi connectivity index (χ4v) is 1.33. The van der Waals surface area contributed by atoms with Gasteiger partial charge in [0.2, 0.25) is 9.72 Å². The van der Waals surface area contributed by atoms with E-state index in [1.54, 1.807) is 7.11 Å². The lowest BCUT2D eigenvalue weighted by atomic mass is 10.1. The van der Waals surface area contributed by atoms with Crippen LogP contribution < -0.4 is 0 Å². The molecule has 68 valence electrons. The van der Waals surface area contributed by atoms with Gasteiger partial charge in [0.15, 0.2) is 0 Å². The first-order valence-corrected chi connectivity index (χ1v) is 4.77. The van der Waals surface area contributed by atoms with E-state index in [9.17, 15) is 0 Å². The number of hydrogen-bond acceptors (Lipinski definition) is 4. The predicted octanol–water partition coefficient (Wildman–Crippen LogP) is 1.50. The highest BCUT2D eigenvalue weighted by Gasteiger charge is 2.08. The van der Waals surface area contributed by atoms with Crippen LogP contribution in [0.5, 0.6) is 0 Å². The highest BCUT2D eigenvalue weighted by molar-refractivity contribution is 14.1. The molecule has 0 amide bonds. The Labute approximate surface area is 84.8 Å². The molecule has 12 heavy (non-hydrogen) atoms. The molecule has 1 heterocycles. The first kappa shape index (κ1) is 9.91. The number of rotatable bonds is 4. The summed E-state index contributed by atoms with van der Waals surface area (Å²) in [6.07, 6.45) is 0.782. The zero-order chi connectivity index (χ0) is 8.97. The van der Waals surface area contributed by atoms with E-state index in [1.165, 1.54) is 0 Å². The molecule has 0 bridgehead atoms. The number of aromatic nitrogens is 2. The van der Waals surface area contributed by atoms with Gasteiger partial charge in [-0.3, -0.25) is 0 Å². The standard InChI is InChI=1S/C7H11IN2O2/c1-5(4-11-2)3-6-9-7(8)10-12-6/h5H,3-4H2,1-2H3. The van der Waals surface area contributed by atoms with Crippen molar-refractivity contribution >= 4 is 22.6 Å². The summed E-state index contributed by atoms with van der Waals surface area (Å²) in [6, 6.07) is 0. The highest BCUT2D eigenvalue weighted by atomic mass is 127. The summed E-state index contributed by atoms with van der Waals surface area (Å²) in [6.45, 7) is 2.81. The number of ether oxygens (including phenoxy) is 1. The fourth-order valence-electron chi connectivity index (χ4n) is 0.959. The first-order chi connectivity index (χ1) is 5.72. The van der Waals surface area contributed by atoms with E-state index in [-0.39, 0.29) is 0 Å². The number of nitrogens with zero attached hydrogens (tertiary/aromatic N) is 2. The van der Waals surface area contributed by atoms with Crippen molar-refractivity contribution in [1.29, 1.82) is 0 Å². The normalized spacial score (nSPS) is 13.2. The Bertz CT molecular complexity index is 239. The van der Waals surface area contributed by atoms with Gasteiger partial charge >= 0.3 is 0 Å². The van der Waals surface area contributed by atoms with Crippen molar-refractivity contribution in [2.24, 2.45) is 5.92 Å². The highest BCUT2D eigenvalue weighted by Crippen LogP contribution is 2.07. The lowest BCUT2D eigenvalue weighted by Gasteiger charge is -2.05. The van der Waals surface area contributed by atoms with E-state index in [1.807, 2.05) is 22.6 Å². The molecule has 0 N–H and O–H groups in total. The van der Waals surface area contributed by atoms with Gasteiger partial charge in [0.25, 0.3) is 0 Å². The minimum Gasteiger partial charge on any atom is -0.384 e. The Morgan fingerprint density at radius 1 is 1.67 bits per heavy atom. The molecular formula is C7H11IN2O2. The maximum Gasteiger partial charge on any atom is 0.232 e. The van der Waals surface area contributed by atoms with Crippen molar-refractivity contribution in [2.75, 3.05) is 13.7 Å². The molecule has 0 spiro atoms. The SMILES string of the molecule is COCC(C)Cc1nc(I)no1. The van der Waals surface area contributed by atoms with Crippen LogP contribution in [0.25, 0.3) is 0 Å². The van der Waals surface area contributed by atoms with E-state index in [2.05, 4.69) is 17.1 Å². The van der Waals surface area contributed by atoms with Crippen molar-refractivity contribution in [2.45, 2.75) is 13.3 Å². The van der Waals surface area contributed by atoms with Crippen LogP contribution >= 0.6 is 22.6 Å². The molecular weight excluding hydrogens is 271 g/mol. The minimum atomic E-state index is 0.422. The van der Waals surface area contributed by atoms with Gasteiger partial charge in [0.1, 0.15) is 0 Å². The van der Waals surface area contributed by atoms with Crippen LogP contribution in [-0.2, 0) is 11.2 Å². The zero-order valence-corrected chi connectivity index (χ0v) is 9.24. The molecule has 1 atom stereocenters. The van der Waals surface area contributed by atoms with Crippen molar-refractivity contribution in [3.8, 4) is 0 Å². The smallest absolute Gasteiger partial charge is 0.232 e. The number of halogens is 1. The lowest BCUT2D eigenvalue weighted by molar-refractivity contribution is 0.155. The summed E-state index contributed by atoms with van der Waals surface area (Å²) in [5, 5.41) is 3.69. The van der Waals surface area contributed by atoms with Crippen molar-refractivity contribution < 1.29 is 9.26 Å². The third-order valence-corrected chi connectivity index (χ3v) is 1.86. The Morgan fingerprint density at radius 3 is 2.92 bits per heavy atom. The topological polar surface area (TPSA) is 48.2 Å². The van der Waals surface area contributed by atoms with Gasteiger partial charge in [-0.15, -0.1) is 0 Å². The van der Waals surface area contributed by atoms with E-state index >= 15 is 0 Å². The Morgan fingerprint density at radius 2 is 2.42 bits per heavy atom. The fraction of sp³-hybridized carbons (Fsp3) is 0.714. The molecule has 0 aliphatic carbocycles. The summed E-state index contributed by atoms with van der Waals surface area (Å²) in [7, 11) is 1.69.